The van der Waals surface area contributed by atoms with Gasteiger partial charge in [0, 0.05) is 5.69 Å². The standard InChI is InChI=1S/C21H17NO4.C21H19NO2/c1-26-19-10-6-5-9-17(19)20(23)22-18-13-15(11-12-16(18)21(24)25)14-7-3-2-4-8-14;1-15-12-13-17(16-8-4-3-5-9-16)14-19(15)22-21(23)18-10-6-7-11-20(18)24-2/h2-13H,1H3,(H,22,23)(H,24,25);3-14H,1-2H3,(H,22,23). The molecular formula is C42H36N2O6. The molecular weight excluding hydrogens is 628 g/mol. The number of aryl methyl sites for hydroxylation is 1. The minimum atomic E-state index is -1.11. The van der Waals surface area contributed by atoms with Crippen LogP contribution < -0.4 is 20.1 Å². The summed E-state index contributed by atoms with van der Waals surface area (Å²) in [5, 5.41) is 15.1. The van der Waals surface area contributed by atoms with E-state index in [0.29, 0.717) is 22.6 Å². The summed E-state index contributed by atoms with van der Waals surface area (Å²) >= 11 is 0. The molecule has 0 bridgehead atoms. The van der Waals surface area contributed by atoms with Gasteiger partial charge in [-0.05, 0) is 77.2 Å². The van der Waals surface area contributed by atoms with Crippen LogP contribution in [0.1, 0.15) is 36.6 Å². The van der Waals surface area contributed by atoms with Crippen LogP contribution in [0.2, 0.25) is 0 Å². The third-order valence-electron chi connectivity index (χ3n) is 7.90. The lowest BCUT2D eigenvalue weighted by Crippen LogP contribution is -2.15. The maximum Gasteiger partial charge on any atom is 0.337 e. The van der Waals surface area contributed by atoms with Gasteiger partial charge in [-0.3, -0.25) is 9.59 Å². The van der Waals surface area contributed by atoms with Crippen molar-refractivity contribution in [3.63, 3.8) is 0 Å². The van der Waals surface area contributed by atoms with Crippen molar-refractivity contribution < 1.29 is 29.0 Å². The Morgan fingerprint density at radius 1 is 0.480 bits per heavy atom. The number of para-hydroxylation sites is 2. The lowest BCUT2D eigenvalue weighted by molar-refractivity contribution is 0.0697. The summed E-state index contributed by atoms with van der Waals surface area (Å²) in [6.45, 7) is 1.98. The van der Waals surface area contributed by atoms with Crippen molar-refractivity contribution in [3.8, 4) is 33.8 Å². The van der Waals surface area contributed by atoms with E-state index in [1.807, 2.05) is 79.7 Å². The van der Waals surface area contributed by atoms with Gasteiger partial charge in [-0.1, -0.05) is 103 Å². The van der Waals surface area contributed by atoms with Crippen LogP contribution in [0.4, 0.5) is 11.4 Å². The maximum absolute atomic E-state index is 12.6. The Bertz CT molecular complexity index is 2110. The number of aromatic carboxylic acids is 1. The average Bonchev–Trinajstić information content (AvgIpc) is 3.16. The van der Waals surface area contributed by atoms with Crippen LogP contribution in [-0.2, 0) is 0 Å². The zero-order valence-corrected chi connectivity index (χ0v) is 27.8. The van der Waals surface area contributed by atoms with E-state index in [9.17, 15) is 19.5 Å². The van der Waals surface area contributed by atoms with Crippen molar-refractivity contribution in [2.24, 2.45) is 0 Å². The average molecular weight is 665 g/mol. The van der Waals surface area contributed by atoms with Gasteiger partial charge in [0.05, 0.1) is 36.6 Å². The van der Waals surface area contributed by atoms with Crippen molar-refractivity contribution in [3.05, 3.63) is 168 Å². The number of hydrogen-bond donors (Lipinski definition) is 3. The van der Waals surface area contributed by atoms with Crippen LogP contribution in [-0.4, -0.2) is 37.1 Å². The van der Waals surface area contributed by atoms with E-state index in [1.54, 1.807) is 55.6 Å². The second kappa shape index (κ2) is 16.4. The number of carbonyl (C=O) groups excluding carboxylic acids is 2. The molecule has 0 heterocycles. The molecule has 6 rings (SSSR count). The van der Waals surface area contributed by atoms with Crippen LogP contribution in [0.15, 0.2) is 146 Å². The Morgan fingerprint density at radius 3 is 1.38 bits per heavy atom. The van der Waals surface area contributed by atoms with Crippen molar-refractivity contribution in [1.82, 2.24) is 0 Å². The quantitative estimate of drug-likeness (QED) is 0.142. The van der Waals surface area contributed by atoms with Gasteiger partial charge in [-0.25, -0.2) is 4.79 Å². The summed E-state index contributed by atoms with van der Waals surface area (Å²) in [5.41, 5.74) is 6.83. The van der Waals surface area contributed by atoms with E-state index >= 15 is 0 Å². The molecule has 0 unspecified atom stereocenters. The molecule has 0 aliphatic heterocycles. The van der Waals surface area contributed by atoms with Gasteiger partial charge < -0.3 is 25.2 Å². The molecule has 0 fully saturated rings. The topological polar surface area (TPSA) is 114 Å². The maximum atomic E-state index is 12.6. The highest BCUT2D eigenvalue weighted by Crippen LogP contribution is 2.29. The van der Waals surface area contributed by atoms with E-state index in [0.717, 1.165) is 33.5 Å². The number of benzene rings is 6. The Balaban J connectivity index is 0.000000195. The highest BCUT2D eigenvalue weighted by Gasteiger charge is 2.17. The molecule has 6 aromatic carbocycles. The Morgan fingerprint density at radius 2 is 0.900 bits per heavy atom. The molecule has 0 aromatic heterocycles. The number of nitrogens with one attached hydrogen (secondary N) is 2. The molecule has 0 radical (unpaired) electrons. The second-order valence-electron chi connectivity index (χ2n) is 11.1. The largest absolute Gasteiger partial charge is 0.496 e. The number of ether oxygens (including phenoxy) is 2. The van der Waals surface area contributed by atoms with Crippen LogP contribution in [0.3, 0.4) is 0 Å². The van der Waals surface area contributed by atoms with Crippen LogP contribution >= 0.6 is 0 Å². The molecule has 8 heteroatoms. The number of rotatable bonds is 9. The fourth-order valence-corrected chi connectivity index (χ4v) is 5.25. The molecule has 0 saturated carbocycles. The van der Waals surface area contributed by atoms with Gasteiger partial charge >= 0.3 is 5.97 Å². The molecule has 6 aromatic rings. The minimum absolute atomic E-state index is 0.0212. The molecule has 0 spiro atoms. The lowest BCUT2D eigenvalue weighted by atomic mass is 10.0. The van der Waals surface area contributed by atoms with Gasteiger partial charge in [-0.2, -0.15) is 0 Å². The normalized spacial score (nSPS) is 10.2. The first kappa shape index (κ1) is 34.7. The van der Waals surface area contributed by atoms with Crippen LogP contribution in [0, 0.1) is 6.92 Å². The predicted octanol–water partition coefficient (Wildman–Crippen LogP) is 9.24. The Kier molecular flexibility index (Phi) is 11.4. The first-order valence-corrected chi connectivity index (χ1v) is 15.8. The summed E-state index contributed by atoms with van der Waals surface area (Å²) in [7, 11) is 3.04. The first-order chi connectivity index (χ1) is 24.3. The zero-order valence-electron chi connectivity index (χ0n) is 27.8. The fourth-order valence-electron chi connectivity index (χ4n) is 5.25. The number of anilines is 2. The van der Waals surface area contributed by atoms with Gasteiger partial charge in [0.2, 0.25) is 0 Å². The number of carboxylic acid groups (broad SMARTS) is 1. The minimum Gasteiger partial charge on any atom is -0.496 e. The SMILES string of the molecule is COc1ccccc1C(=O)Nc1cc(-c2ccccc2)ccc1C.COc1ccccc1C(=O)Nc1cc(-c2ccccc2)ccc1C(=O)O. The monoisotopic (exact) mass is 664 g/mol. The van der Waals surface area contributed by atoms with Crippen LogP contribution in [0.5, 0.6) is 11.5 Å². The summed E-state index contributed by atoms with van der Waals surface area (Å²) in [4.78, 5) is 36.8. The van der Waals surface area contributed by atoms with Crippen molar-refractivity contribution in [2.45, 2.75) is 6.92 Å². The zero-order chi connectivity index (χ0) is 35.5. The molecule has 50 heavy (non-hydrogen) atoms. The Labute approximate surface area is 291 Å². The summed E-state index contributed by atoms with van der Waals surface area (Å²) < 4.78 is 10.5. The first-order valence-electron chi connectivity index (χ1n) is 15.8. The van der Waals surface area contributed by atoms with E-state index in [4.69, 9.17) is 9.47 Å². The second-order valence-corrected chi connectivity index (χ2v) is 11.1. The van der Waals surface area contributed by atoms with E-state index in [2.05, 4.69) is 28.8 Å². The number of carbonyl (C=O) groups is 3. The van der Waals surface area contributed by atoms with Gasteiger partial charge in [0.25, 0.3) is 11.8 Å². The van der Waals surface area contributed by atoms with E-state index < -0.39 is 11.9 Å². The summed E-state index contributed by atoms with van der Waals surface area (Å²) in [6, 6.07) is 44.5. The van der Waals surface area contributed by atoms with Crippen LogP contribution in [0.25, 0.3) is 22.3 Å². The summed E-state index contributed by atoms with van der Waals surface area (Å²) in [5.74, 6) is -0.746. The van der Waals surface area contributed by atoms with Crippen molar-refractivity contribution in [2.75, 3.05) is 24.9 Å². The lowest BCUT2D eigenvalue weighted by Gasteiger charge is -2.13. The number of methoxy groups -OCH3 is 2. The summed E-state index contributed by atoms with van der Waals surface area (Å²) in [6.07, 6.45) is 0. The van der Waals surface area contributed by atoms with Crippen molar-refractivity contribution >= 4 is 29.2 Å². The molecule has 0 aliphatic rings. The van der Waals surface area contributed by atoms with Crippen molar-refractivity contribution in [1.29, 1.82) is 0 Å². The van der Waals surface area contributed by atoms with E-state index in [1.165, 1.54) is 13.2 Å². The number of carboxylic acids is 1. The molecule has 3 N–H and O–H groups in total. The highest BCUT2D eigenvalue weighted by molar-refractivity contribution is 6.09. The molecule has 0 atom stereocenters. The molecule has 2 amide bonds. The molecule has 0 aliphatic carbocycles. The smallest absolute Gasteiger partial charge is 0.337 e. The predicted molar refractivity (Wildman–Crippen MR) is 197 cm³/mol. The molecule has 0 saturated heterocycles. The van der Waals surface area contributed by atoms with Gasteiger partial charge in [0.15, 0.2) is 0 Å². The third-order valence-corrected chi connectivity index (χ3v) is 7.90. The molecule has 250 valence electrons. The number of hydrogen-bond acceptors (Lipinski definition) is 5. The third kappa shape index (κ3) is 8.42. The highest BCUT2D eigenvalue weighted by atomic mass is 16.5. The Hall–Kier alpha value is -6.67. The molecule has 8 nitrogen and oxygen atoms in total. The fraction of sp³-hybridized carbons (Fsp3) is 0.0714. The van der Waals surface area contributed by atoms with E-state index in [-0.39, 0.29) is 17.2 Å². The van der Waals surface area contributed by atoms with Gasteiger partial charge in [0.1, 0.15) is 11.5 Å². The number of amides is 2. The van der Waals surface area contributed by atoms with Gasteiger partial charge in [-0.15, -0.1) is 0 Å².